The molecule has 5 rings (SSSR count). The number of rotatable bonds is 4. The van der Waals surface area contributed by atoms with Crippen molar-refractivity contribution in [3.63, 3.8) is 0 Å². The van der Waals surface area contributed by atoms with Crippen molar-refractivity contribution < 1.29 is 9.47 Å². The van der Waals surface area contributed by atoms with Crippen molar-refractivity contribution in [3.05, 3.63) is 125 Å². The molecule has 2 nitrogen and oxygen atoms in total. The van der Waals surface area contributed by atoms with Gasteiger partial charge in [0.05, 0.1) is 5.57 Å². The largest absolute Gasteiger partial charge is 0.426 e. The maximum Gasteiger partial charge on any atom is 0.299 e. The first kappa shape index (κ1) is 18.3. The minimum absolute atomic E-state index is 0.486. The fourth-order valence-electron chi connectivity index (χ4n) is 3.79. The molecule has 0 unspecified atom stereocenters. The van der Waals surface area contributed by atoms with Crippen LogP contribution in [0.4, 0.5) is 0 Å². The molecule has 0 N–H and O–H groups in total. The van der Waals surface area contributed by atoms with Crippen LogP contribution in [-0.2, 0) is 0 Å². The summed E-state index contributed by atoms with van der Waals surface area (Å²) in [6.07, 6.45) is 0. The van der Waals surface area contributed by atoms with E-state index in [1.807, 2.05) is 48.5 Å². The van der Waals surface area contributed by atoms with Crippen molar-refractivity contribution in [2.45, 2.75) is 13.8 Å². The number of fused-ring (bicyclic) bond motifs is 3. The van der Waals surface area contributed by atoms with Gasteiger partial charge in [0.25, 0.3) is 5.95 Å². The quantitative estimate of drug-likeness (QED) is 0.303. The van der Waals surface area contributed by atoms with E-state index in [-0.39, 0.29) is 0 Å². The van der Waals surface area contributed by atoms with Gasteiger partial charge in [-0.2, -0.15) is 0 Å². The summed E-state index contributed by atoms with van der Waals surface area (Å²) in [5.74, 6) is 1.98. The van der Waals surface area contributed by atoms with Crippen molar-refractivity contribution in [2.75, 3.05) is 0 Å². The van der Waals surface area contributed by atoms with E-state index in [1.165, 1.54) is 22.3 Å². The first-order chi connectivity index (χ1) is 14.7. The van der Waals surface area contributed by atoms with E-state index in [0.29, 0.717) is 5.95 Å². The first-order valence-corrected chi connectivity index (χ1v) is 10.1. The van der Waals surface area contributed by atoms with Crippen LogP contribution in [0.15, 0.2) is 103 Å². The van der Waals surface area contributed by atoms with Gasteiger partial charge in [0.15, 0.2) is 0 Å². The number of aryl methyl sites for hydroxylation is 2. The van der Waals surface area contributed by atoms with Crippen molar-refractivity contribution in [3.8, 4) is 22.6 Å². The van der Waals surface area contributed by atoms with Gasteiger partial charge in [-0.05, 0) is 60.4 Å². The van der Waals surface area contributed by atoms with Gasteiger partial charge in [-0.25, -0.2) is 0 Å². The van der Waals surface area contributed by atoms with Gasteiger partial charge in [0.1, 0.15) is 11.5 Å². The highest BCUT2D eigenvalue weighted by molar-refractivity contribution is 6.01. The highest BCUT2D eigenvalue weighted by Gasteiger charge is 2.28. The minimum Gasteiger partial charge on any atom is -0.426 e. The molecular formula is C28H22O2. The van der Waals surface area contributed by atoms with E-state index in [4.69, 9.17) is 9.47 Å². The van der Waals surface area contributed by atoms with Crippen LogP contribution in [0.5, 0.6) is 11.5 Å². The fourth-order valence-corrected chi connectivity index (χ4v) is 3.79. The summed E-state index contributed by atoms with van der Waals surface area (Å²) < 4.78 is 12.7. The number of hydrogen-bond acceptors (Lipinski definition) is 2. The number of hydrogen-bond donors (Lipinski definition) is 0. The van der Waals surface area contributed by atoms with E-state index in [2.05, 4.69) is 62.4 Å². The van der Waals surface area contributed by atoms with Crippen LogP contribution in [0.25, 0.3) is 16.7 Å². The Morgan fingerprint density at radius 2 is 0.833 bits per heavy atom. The Morgan fingerprint density at radius 3 is 1.23 bits per heavy atom. The SMILES string of the molecule is Cc1ccc(OC(Oc2ccc(C)cc2)=C2c3ccccc3-c3ccccc32)cc1. The topological polar surface area (TPSA) is 18.5 Å². The summed E-state index contributed by atoms with van der Waals surface area (Å²) in [4.78, 5) is 0. The highest BCUT2D eigenvalue weighted by atomic mass is 16.7. The summed E-state index contributed by atoms with van der Waals surface area (Å²) in [6, 6.07) is 32.9. The maximum atomic E-state index is 6.36. The highest BCUT2D eigenvalue weighted by Crippen LogP contribution is 2.45. The lowest BCUT2D eigenvalue weighted by Gasteiger charge is -2.16. The Hall–Kier alpha value is -3.78. The fraction of sp³-hybridized carbons (Fsp3) is 0.0714. The average Bonchev–Trinajstić information content (AvgIpc) is 3.11. The molecule has 1 aliphatic carbocycles. The van der Waals surface area contributed by atoms with Crippen molar-refractivity contribution in [1.82, 2.24) is 0 Å². The Kier molecular flexibility index (Phi) is 4.61. The van der Waals surface area contributed by atoms with Crippen LogP contribution in [0.3, 0.4) is 0 Å². The third kappa shape index (κ3) is 3.37. The van der Waals surface area contributed by atoms with Gasteiger partial charge in [-0.1, -0.05) is 83.9 Å². The van der Waals surface area contributed by atoms with Crippen LogP contribution in [0, 0.1) is 13.8 Å². The molecule has 0 bridgehead atoms. The van der Waals surface area contributed by atoms with E-state index >= 15 is 0 Å². The lowest BCUT2D eigenvalue weighted by atomic mass is 10.1. The third-order valence-electron chi connectivity index (χ3n) is 5.35. The van der Waals surface area contributed by atoms with Gasteiger partial charge in [0.2, 0.25) is 0 Å². The molecule has 0 aliphatic heterocycles. The average molecular weight is 390 g/mol. The van der Waals surface area contributed by atoms with Crippen molar-refractivity contribution >= 4 is 5.57 Å². The van der Waals surface area contributed by atoms with Gasteiger partial charge in [-0.15, -0.1) is 0 Å². The van der Waals surface area contributed by atoms with E-state index in [1.54, 1.807) is 0 Å². The van der Waals surface area contributed by atoms with E-state index in [0.717, 1.165) is 28.2 Å². The molecule has 0 amide bonds. The van der Waals surface area contributed by atoms with Crippen LogP contribution >= 0.6 is 0 Å². The third-order valence-corrected chi connectivity index (χ3v) is 5.35. The molecule has 4 aromatic carbocycles. The molecular weight excluding hydrogens is 368 g/mol. The summed E-state index contributed by atoms with van der Waals surface area (Å²) in [5, 5.41) is 0. The van der Waals surface area contributed by atoms with Crippen LogP contribution in [-0.4, -0.2) is 0 Å². The molecule has 30 heavy (non-hydrogen) atoms. The zero-order chi connectivity index (χ0) is 20.5. The van der Waals surface area contributed by atoms with Gasteiger partial charge in [-0.3, -0.25) is 0 Å². The van der Waals surface area contributed by atoms with E-state index in [9.17, 15) is 0 Å². The zero-order valence-corrected chi connectivity index (χ0v) is 17.1. The monoisotopic (exact) mass is 390 g/mol. The predicted molar refractivity (Wildman–Crippen MR) is 122 cm³/mol. The molecule has 0 fully saturated rings. The molecule has 0 saturated heterocycles. The summed E-state index contributed by atoms with van der Waals surface area (Å²) in [7, 11) is 0. The summed E-state index contributed by atoms with van der Waals surface area (Å²) in [6.45, 7) is 4.13. The minimum atomic E-state index is 0.486. The standard InChI is InChI=1S/C28H22O2/c1-19-11-15-21(16-12-19)29-28(30-22-17-13-20(2)14-18-22)27-25-9-5-3-7-23(25)24-8-4-6-10-26(24)27/h3-18H,1-2H3. The van der Waals surface area contributed by atoms with Gasteiger partial charge in [0, 0.05) is 0 Å². The van der Waals surface area contributed by atoms with Crippen LogP contribution < -0.4 is 9.47 Å². The van der Waals surface area contributed by atoms with E-state index < -0.39 is 0 Å². The molecule has 0 aromatic heterocycles. The predicted octanol–water partition coefficient (Wildman–Crippen LogP) is 7.16. The zero-order valence-electron chi connectivity index (χ0n) is 17.1. The number of ether oxygens (including phenoxy) is 2. The van der Waals surface area contributed by atoms with Crippen molar-refractivity contribution in [1.29, 1.82) is 0 Å². The van der Waals surface area contributed by atoms with Gasteiger partial charge >= 0.3 is 0 Å². The maximum absolute atomic E-state index is 6.36. The number of benzene rings is 4. The molecule has 146 valence electrons. The molecule has 0 saturated carbocycles. The van der Waals surface area contributed by atoms with Crippen molar-refractivity contribution in [2.24, 2.45) is 0 Å². The first-order valence-electron chi connectivity index (χ1n) is 10.1. The Morgan fingerprint density at radius 1 is 0.467 bits per heavy atom. The normalized spacial score (nSPS) is 11.6. The summed E-state index contributed by atoms with van der Waals surface area (Å²) >= 11 is 0. The molecule has 0 heterocycles. The van der Waals surface area contributed by atoms with Crippen LogP contribution in [0.2, 0.25) is 0 Å². The molecule has 0 radical (unpaired) electrons. The molecule has 2 heteroatoms. The lowest BCUT2D eigenvalue weighted by Crippen LogP contribution is -2.08. The molecule has 0 atom stereocenters. The Labute approximate surface area is 177 Å². The lowest BCUT2D eigenvalue weighted by molar-refractivity contribution is 0.229. The second-order valence-electron chi connectivity index (χ2n) is 7.58. The van der Waals surface area contributed by atoms with Crippen LogP contribution in [0.1, 0.15) is 22.3 Å². The second kappa shape index (κ2) is 7.57. The molecule has 0 spiro atoms. The smallest absolute Gasteiger partial charge is 0.299 e. The summed E-state index contributed by atoms with van der Waals surface area (Å²) in [5.41, 5.74) is 7.98. The second-order valence-corrected chi connectivity index (χ2v) is 7.58. The van der Waals surface area contributed by atoms with Gasteiger partial charge < -0.3 is 9.47 Å². The molecule has 1 aliphatic rings. The Bertz CT molecular complexity index is 1140. The molecule has 4 aromatic rings. The Balaban J connectivity index is 1.69.